The second-order valence-electron chi connectivity index (χ2n) is 33.7. The third-order valence-electron chi connectivity index (χ3n) is 25.3. The summed E-state index contributed by atoms with van der Waals surface area (Å²) in [6, 6.07) is 22.4. The third kappa shape index (κ3) is 18.4. The first-order valence-electron chi connectivity index (χ1n) is 44.2. The molecule has 10 heterocycles. The van der Waals surface area contributed by atoms with Gasteiger partial charge in [0.25, 0.3) is 0 Å². The number of halogens is 3. The van der Waals surface area contributed by atoms with Crippen LogP contribution in [0.15, 0.2) is 168 Å². The molecule has 0 spiro atoms. The van der Waals surface area contributed by atoms with E-state index in [0.29, 0.717) is 31.5 Å². The Morgan fingerprint density at radius 3 is 1.97 bits per heavy atom. The Hall–Kier alpha value is -12.2. The summed E-state index contributed by atoms with van der Waals surface area (Å²) in [4.78, 5) is 27.2. The number of piperazine rings is 1. The molecule has 7 aromatic heterocycles. The van der Waals surface area contributed by atoms with E-state index in [-0.39, 0.29) is 29.5 Å². The number of nitrogens with one attached hydrogen (secondary N) is 4. The third-order valence-corrected chi connectivity index (χ3v) is 25.3. The van der Waals surface area contributed by atoms with Crippen molar-refractivity contribution in [1.29, 1.82) is 0 Å². The number of fused-ring (bicyclic) bond motifs is 10. The number of aromatic amines is 3. The minimum atomic E-state index is -4.54. The quantitative estimate of drug-likeness (QED) is 0.0294. The standard InChI is InChI=1S/C28H35N5O.C25H24F3N5O.C24H26N4O2.C23H22N4O/c1-3-25-27(26(31-30-25)9-6-14-33-17-15-32(2)16-18-33)24-19-29-28(20-10-12-21(34)13-11-20)23-8-5-4-7-22(23)24;1-4-5-16-13(2)21-17(29-23(16)14-6-8-15(34)9-7-14)10-11-18-22(21)24(31-30-18)19-12-20(25(26,27)28)32-33(19)3;29-20-9-6-18(7-10-20)23(17-4-2-1-3-5-17)25-19-8-11-22-21(16-19)24(27-26-22)28-12-14-30-15-13-28;24-13-3-6-19-22-20(27-26-19)12-11-18-21(22)16-4-1-2-5-17(16)23(25-18)14-7-9-15(28)10-8-14/h3,10-12,19,21,25,27,30,34H,1,4-5,7-8,13-18H2,2H3;6-8,10-12,15,34H,4-5,9H2,1-3H3,(H,30,31);4,6-11,16,29H,1-3,5,12-15H2,(H,26,27);7-9,11-12,15,28H,1-2,4-5,10,13,24H2,(H,26,27). The summed E-state index contributed by atoms with van der Waals surface area (Å²) in [5, 5.41) is 75.0. The molecule has 10 N–H and O–H groups in total. The molecule has 20 rings (SSSR count). The van der Waals surface area contributed by atoms with Gasteiger partial charge >= 0.3 is 6.18 Å². The minimum absolute atomic E-state index is 0.0237. The van der Waals surface area contributed by atoms with Gasteiger partial charge in [0.2, 0.25) is 0 Å². The van der Waals surface area contributed by atoms with Crippen LogP contribution in [0.1, 0.15) is 163 Å². The fourth-order valence-electron chi connectivity index (χ4n) is 18.7. The molecule has 11 aromatic rings. The Bertz CT molecular complexity index is 6390. The maximum atomic E-state index is 13.3. The van der Waals surface area contributed by atoms with Crippen molar-refractivity contribution in [3.8, 4) is 40.8 Å². The van der Waals surface area contributed by atoms with Crippen LogP contribution in [0.25, 0.3) is 82.6 Å². The maximum absolute atomic E-state index is 13.3. The zero-order chi connectivity index (χ0) is 87.1. The number of allylic oxidation sites excluding steroid dienone is 8. The lowest BCUT2D eigenvalue weighted by atomic mass is 9.79. The van der Waals surface area contributed by atoms with E-state index in [1.807, 2.05) is 92.1 Å². The van der Waals surface area contributed by atoms with E-state index < -0.39 is 24.1 Å². The summed E-state index contributed by atoms with van der Waals surface area (Å²) >= 11 is 0. The Balaban J connectivity index is 0.000000119. The monoisotopic (exact) mass is 1700 g/mol. The van der Waals surface area contributed by atoms with E-state index in [1.54, 1.807) is 18.2 Å². The molecule has 2 fully saturated rings. The fraction of sp³-hybridized carbons (Fsp3) is 0.370. The van der Waals surface area contributed by atoms with Gasteiger partial charge in [0, 0.05) is 85.0 Å². The molecule has 648 valence electrons. The predicted octanol–water partition coefficient (Wildman–Crippen LogP) is 15.7. The molecule has 26 heteroatoms. The van der Waals surface area contributed by atoms with Crippen LogP contribution in [-0.4, -0.2) is 194 Å². The molecule has 5 unspecified atom stereocenters. The van der Waals surface area contributed by atoms with E-state index >= 15 is 0 Å². The lowest BCUT2D eigenvalue weighted by Crippen LogP contribution is -2.44. The van der Waals surface area contributed by atoms with Crippen LogP contribution in [0.5, 0.6) is 5.75 Å². The van der Waals surface area contributed by atoms with Crippen molar-refractivity contribution in [2.75, 3.05) is 77.5 Å². The molecular weight excluding hydrogens is 1590 g/mol. The molecule has 4 aromatic carbocycles. The number of aromatic hydroxyl groups is 1. The second kappa shape index (κ2) is 38.3. The minimum Gasteiger partial charge on any atom is -0.508 e. The highest BCUT2D eigenvalue weighted by Crippen LogP contribution is 2.44. The van der Waals surface area contributed by atoms with Gasteiger partial charge in [-0.3, -0.25) is 29.9 Å². The number of ether oxygens (including phenoxy) is 1. The maximum Gasteiger partial charge on any atom is 0.435 e. The summed E-state index contributed by atoms with van der Waals surface area (Å²) in [5.74, 6) is 14.1. The number of rotatable bonds is 13. The number of aliphatic hydroxyl groups excluding tert-OH is 3. The lowest BCUT2D eigenvalue weighted by Gasteiger charge is -2.30. The smallest absolute Gasteiger partial charge is 0.435 e. The highest BCUT2D eigenvalue weighted by atomic mass is 19.4. The van der Waals surface area contributed by atoms with Crippen molar-refractivity contribution in [2.24, 2.45) is 22.9 Å². The van der Waals surface area contributed by atoms with Gasteiger partial charge in [0.15, 0.2) is 11.5 Å². The number of nitrogens with two attached hydrogens (primary N) is 1. The molecule has 0 bridgehead atoms. The SMILES string of the molecule is C=CC1NN=C(C#CCN2CCN(C)CC2)C1c1cnc(C2=CCC(O)C=C2)c2c1CCCC2.CCCc1c(C2=CCC(O)C=C2)nc2ccc3[nH]nc(-c4cc(C(F)(F)F)nn4C)c3c2c1C.NCC#Cc1[nH]nc2ccc3nc(C4=CCC(O)C=C4)c4c(c3c12)CCCC4.Oc1ccc(C(=Nc2ccc3[nH]nc(N4CCOCC4)c3c2)C2=CCCCC2)cc1. The van der Waals surface area contributed by atoms with Crippen molar-refractivity contribution < 1.29 is 38.3 Å². The summed E-state index contributed by atoms with van der Waals surface area (Å²) in [6.45, 7) is 16.8. The normalized spacial score (nSPS) is 20.2. The summed E-state index contributed by atoms with van der Waals surface area (Å²) < 4.78 is 46.6. The van der Waals surface area contributed by atoms with Crippen molar-refractivity contribution in [3.63, 3.8) is 0 Å². The first kappa shape index (κ1) is 85.9. The van der Waals surface area contributed by atoms with Crippen LogP contribution in [0.4, 0.5) is 24.7 Å². The number of hydrogen-bond acceptors (Lipinski definition) is 19. The number of phenolic OH excluding ortho intramolecular Hbond substituents is 1. The number of benzene rings is 4. The number of alkyl halides is 3. The summed E-state index contributed by atoms with van der Waals surface area (Å²) in [6.07, 6.45) is 35.1. The number of phenols is 1. The van der Waals surface area contributed by atoms with E-state index in [2.05, 4.69) is 142 Å². The topological polar surface area (TPSA) is 305 Å². The highest BCUT2D eigenvalue weighted by Gasteiger charge is 2.38. The largest absolute Gasteiger partial charge is 0.508 e. The number of morpholine rings is 1. The first-order valence-corrected chi connectivity index (χ1v) is 44.2. The van der Waals surface area contributed by atoms with Gasteiger partial charge in [0.1, 0.15) is 22.8 Å². The van der Waals surface area contributed by atoms with Crippen molar-refractivity contribution >= 4 is 94.2 Å². The van der Waals surface area contributed by atoms with Crippen LogP contribution in [0, 0.1) is 30.6 Å². The van der Waals surface area contributed by atoms with E-state index in [9.17, 15) is 33.6 Å². The molecule has 0 radical (unpaired) electrons. The van der Waals surface area contributed by atoms with Gasteiger partial charge in [0.05, 0.1) is 118 Å². The zero-order valence-corrected chi connectivity index (χ0v) is 71.8. The van der Waals surface area contributed by atoms with Crippen LogP contribution >= 0.6 is 0 Å². The number of hydrogen-bond donors (Lipinski definition) is 9. The number of aromatic nitrogens is 11. The second-order valence-corrected chi connectivity index (χ2v) is 33.7. The molecule has 23 nitrogen and oxygen atoms in total. The number of aliphatic hydroxyl groups is 3. The first-order chi connectivity index (χ1) is 61.4. The fourth-order valence-corrected chi connectivity index (χ4v) is 18.7. The molecule has 6 aliphatic carbocycles. The Labute approximate surface area is 730 Å². The van der Waals surface area contributed by atoms with Crippen LogP contribution in [0.3, 0.4) is 0 Å². The van der Waals surface area contributed by atoms with Gasteiger partial charge in [-0.1, -0.05) is 92.0 Å². The van der Waals surface area contributed by atoms with Crippen LogP contribution in [-0.2, 0) is 50.1 Å². The van der Waals surface area contributed by atoms with Gasteiger partial charge in [-0.2, -0.15) is 38.7 Å². The van der Waals surface area contributed by atoms with Gasteiger partial charge in [-0.25, -0.2) is 15.0 Å². The van der Waals surface area contributed by atoms with E-state index in [0.717, 1.165) is 245 Å². The number of likely N-dealkylation sites (N-methyl/N-ethyl adjacent to an activating group) is 1. The number of aryl methyl sites for hydroxylation is 3. The zero-order valence-electron chi connectivity index (χ0n) is 71.8. The molecule has 5 atom stereocenters. The number of aliphatic imine (C=N–C) groups is 1. The average molecular weight is 1700 g/mol. The predicted molar refractivity (Wildman–Crippen MR) is 494 cm³/mol. The Morgan fingerprint density at radius 2 is 1.30 bits per heavy atom. The number of nitrogens with zero attached hydrogens (tertiary/aromatic N) is 13. The van der Waals surface area contributed by atoms with E-state index in [4.69, 9.17) is 30.4 Å². The molecule has 3 aliphatic heterocycles. The van der Waals surface area contributed by atoms with Crippen molar-refractivity contribution in [1.82, 2.24) is 70.6 Å². The molecule has 0 amide bonds. The molecule has 2 saturated heterocycles. The van der Waals surface area contributed by atoms with Gasteiger partial charge in [-0.05, 0) is 263 Å². The number of hydrazone groups is 1. The number of pyridine rings is 3. The summed E-state index contributed by atoms with van der Waals surface area (Å²) in [7, 11) is 3.66. The lowest BCUT2D eigenvalue weighted by molar-refractivity contribution is -0.141. The van der Waals surface area contributed by atoms with Crippen LogP contribution < -0.4 is 16.1 Å². The van der Waals surface area contributed by atoms with Crippen molar-refractivity contribution in [3.05, 3.63) is 231 Å². The Kier molecular flexibility index (Phi) is 26.1. The average Bonchev–Trinajstić information content (AvgIpc) is 1.49. The van der Waals surface area contributed by atoms with Gasteiger partial charge < -0.3 is 46.1 Å². The van der Waals surface area contributed by atoms with E-state index in [1.165, 1.54) is 89.0 Å². The molecule has 0 saturated carbocycles. The van der Waals surface area contributed by atoms with Crippen LogP contribution in [0.2, 0.25) is 0 Å². The molecular formula is C100H107F3N18O5. The number of H-pyrrole nitrogens is 3. The number of anilines is 1. The van der Waals surface area contributed by atoms with Crippen molar-refractivity contribution in [2.45, 2.75) is 159 Å². The summed E-state index contributed by atoms with van der Waals surface area (Å²) in [5.41, 5.74) is 33.9. The molecule has 126 heavy (non-hydrogen) atoms. The highest BCUT2D eigenvalue weighted by molar-refractivity contribution is 6.15. The van der Waals surface area contributed by atoms with Gasteiger partial charge in [-0.15, -0.1) is 6.58 Å². The molecule has 9 aliphatic rings. The Morgan fingerprint density at radius 1 is 0.659 bits per heavy atom.